The molecule has 0 saturated heterocycles. The van der Waals surface area contributed by atoms with Crippen molar-refractivity contribution in [1.82, 2.24) is 10.2 Å². The average molecular weight is 421 g/mol. The van der Waals surface area contributed by atoms with Crippen LogP contribution in [0.15, 0.2) is 60.7 Å². The first-order valence-corrected chi connectivity index (χ1v) is 9.90. The van der Waals surface area contributed by atoms with E-state index < -0.39 is 11.8 Å². The zero-order valence-corrected chi connectivity index (χ0v) is 18.1. The molecule has 0 saturated carbocycles. The van der Waals surface area contributed by atoms with Gasteiger partial charge in [0.25, 0.3) is 0 Å². The number of carbonyl (C=O) groups is 2. The molecule has 0 bridgehead atoms. The summed E-state index contributed by atoms with van der Waals surface area (Å²) in [6.07, 6.45) is 0. The van der Waals surface area contributed by atoms with E-state index in [1.807, 2.05) is 43.3 Å². The summed E-state index contributed by atoms with van der Waals surface area (Å²) in [5.41, 5.74) is 1.47. The molecule has 3 aromatic carbocycles. The van der Waals surface area contributed by atoms with Gasteiger partial charge in [-0.2, -0.15) is 0 Å². The van der Waals surface area contributed by atoms with Crippen molar-refractivity contribution in [2.24, 2.45) is 0 Å². The molecule has 31 heavy (non-hydrogen) atoms. The summed E-state index contributed by atoms with van der Waals surface area (Å²) in [5, 5.41) is 7.58. The second-order valence-corrected chi connectivity index (χ2v) is 7.28. The van der Waals surface area contributed by atoms with E-state index in [0.717, 1.165) is 16.3 Å². The number of rotatable bonds is 7. The number of benzene rings is 3. The number of anilines is 1. The summed E-state index contributed by atoms with van der Waals surface area (Å²) in [6.45, 7) is 0.285. The van der Waals surface area contributed by atoms with Gasteiger partial charge in [0.05, 0.1) is 25.9 Å². The van der Waals surface area contributed by atoms with Crippen molar-refractivity contribution in [2.75, 3.05) is 40.2 Å². The lowest BCUT2D eigenvalue weighted by molar-refractivity contribution is -0.136. The maximum Gasteiger partial charge on any atom is 0.313 e. The van der Waals surface area contributed by atoms with Crippen LogP contribution in [0.2, 0.25) is 0 Å². The number of likely N-dealkylation sites (N-methyl/N-ethyl adjacent to an activating group) is 1. The van der Waals surface area contributed by atoms with Crippen LogP contribution in [0.5, 0.6) is 11.5 Å². The number of hydrogen-bond donors (Lipinski definition) is 2. The number of carbonyl (C=O) groups excluding carboxylic acids is 2. The minimum Gasteiger partial charge on any atom is -0.497 e. The van der Waals surface area contributed by atoms with Crippen molar-refractivity contribution in [3.8, 4) is 11.5 Å². The van der Waals surface area contributed by atoms with E-state index >= 15 is 0 Å². The fraction of sp³-hybridized carbons (Fsp3) is 0.250. The van der Waals surface area contributed by atoms with Gasteiger partial charge in [-0.3, -0.25) is 9.59 Å². The summed E-state index contributed by atoms with van der Waals surface area (Å²) < 4.78 is 10.4. The van der Waals surface area contributed by atoms with Crippen molar-refractivity contribution >= 4 is 28.3 Å². The Kier molecular flexibility index (Phi) is 7.10. The van der Waals surface area contributed by atoms with E-state index in [0.29, 0.717) is 17.2 Å². The molecule has 0 fully saturated rings. The molecule has 3 aromatic rings. The van der Waals surface area contributed by atoms with Gasteiger partial charge in [0.15, 0.2) is 0 Å². The van der Waals surface area contributed by atoms with Crippen molar-refractivity contribution < 1.29 is 19.1 Å². The van der Waals surface area contributed by atoms with Crippen LogP contribution in [0.25, 0.3) is 10.8 Å². The Labute approximate surface area is 181 Å². The maximum atomic E-state index is 12.5. The molecule has 2 amide bonds. The molecule has 0 spiro atoms. The second-order valence-electron chi connectivity index (χ2n) is 7.28. The number of amides is 2. The molecule has 0 radical (unpaired) electrons. The molecule has 162 valence electrons. The first kappa shape index (κ1) is 22.1. The Morgan fingerprint density at radius 3 is 2.39 bits per heavy atom. The Morgan fingerprint density at radius 1 is 0.935 bits per heavy atom. The molecule has 0 aromatic heterocycles. The van der Waals surface area contributed by atoms with Gasteiger partial charge in [0.2, 0.25) is 0 Å². The second kappa shape index (κ2) is 9.95. The van der Waals surface area contributed by atoms with Crippen molar-refractivity contribution in [3.05, 3.63) is 66.2 Å². The summed E-state index contributed by atoms with van der Waals surface area (Å²) in [7, 11) is 6.91. The van der Waals surface area contributed by atoms with Gasteiger partial charge in [0, 0.05) is 12.6 Å². The van der Waals surface area contributed by atoms with Crippen LogP contribution in [-0.2, 0) is 9.59 Å². The molecule has 7 nitrogen and oxygen atoms in total. The van der Waals surface area contributed by atoms with E-state index in [2.05, 4.69) is 28.8 Å². The van der Waals surface area contributed by atoms with E-state index in [4.69, 9.17) is 9.47 Å². The average Bonchev–Trinajstić information content (AvgIpc) is 2.79. The fourth-order valence-electron chi connectivity index (χ4n) is 3.46. The highest BCUT2D eigenvalue weighted by molar-refractivity contribution is 6.39. The van der Waals surface area contributed by atoms with Crippen LogP contribution < -0.4 is 20.1 Å². The van der Waals surface area contributed by atoms with Gasteiger partial charge in [-0.15, -0.1) is 0 Å². The van der Waals surface area contributed by atoms with Crippen LogP contribution in [0, 0.1) is 0 Å². The number of nitrogens with one attached hydrogen (secondary N) is 2. The van der Waals surface area contributed by atoms with E-state index in [9.17, 15) is 9.59 Å². The minimum absolute atomic E-state index is 0.0987. The van der Waals surface area contributed by atoms with Crippen molar-refractivity contribution in [3.63, 3.8) is 0 Å². The number of ether oxygens (including phenoxy) is 2. The molecular weight excluding hydrogens is 394 g/mol. The predicted molar refractivity (Wildman–Crippen MR) is 122 cm³/mol. The van der Waals surface area contributed by atoms with Crippen LogP contribution in [0.3, 0.4) is 0 Å². The van der Waals surface area contributed by atoms with E-state index in [1.54, 1.807) is 18.2 Å². The van der Waals surface area contributed by atoms with Gasteiger partial charge in [-0.25, -0.2) is 0 Å². The third-order valence-corrected chi connectivity index (χ3v) is 5.12. The van der Waals surface area contributed by atoms with Gasteiger partial charge in [-0.05, 0) is 42.6 Å². The zero-order valence-electron chi connectivity index (χ0n) is 18.1. The first-order chi connectivity index (χ1) is 14.9. The maximum absolute atomic E-state index is 12.5. The number of methoxy groups -OCH3 is 2. The fourth-order valence-corrected chi connectivity index (χ4v) is 3.46. The van der Waals surface area contributed by atoms with Crippen LogP contribution in [0.4, 0.5) is 5.69 Å². The number of nitrogens with zero attached hydrogens (tertiary/aromatic N) is 1. The normalized spacial score (nSPS) is 11.8. The van der Waals surface area contributed by atoms with Crippen LogP contribution in [-0.4, -0.2) is 51.6 Å². The molecule has 0 aliphatic rings. The lowest BCUT2D eigenvalue weighted by Crippen LogP contribution is -2.40. The van der Waals surface area contributed by atoms with Crippen LogP contribution >= 0.6 is 0 Å². The number of fused-ring (bicyclic) bond motifs is 1. The van der Waals surface area contributed by atoms with E-state index in [-0.39, 0.29) is 12.6 Å². The minimum atomic E-state index is -0.765. The molecule has 3 rings (SSSR count). The first-order valence-electron chi connectivity index (χ1n) is 9.90. The van der Waals surface area contributed by atoms with Crippen molar-refractivity contribution in [1.29, 1.82) is 0 Å². The molecule has 2 N–H and O–H groups in total. The van der Waals surface area contributed by atoms with Gasteiger partial charge >= 0.3 is 11.8 Å². The van der Waals surface area contributed by atoms with Gasteiger partial charge < -0.3 is 25.0 Å². The van der Waals surface area contributed by atoms with Gasteiger partial charge in [-0.1, -0.05) is 42.5 Å². The zero-order chi connectivity index (χ0) is 22.4. The van der Waals surface area contributed by atoms with Gasteiger partial charge in [0.1, 0.15) is 11.5 Å². The summed E-state index contributed by atoms with van der Waals surface area (Å²) in [5.74, 6) is -0.491. The monoisotopic (exact) mass is 421 g/mol. The molecule has 1 atom stereocenters. The summed E-state index contributed by atoms with van der Waals surface area (Å²) in [4.78, 5) is 26.9. The SMILES string of the molecule is COc1ccc(NC(=O)C(=O)NCC(c2cccc3ccccc23)N(C)C)c(OC)c1. The molecular formula is C24H27N3O4. The topological polar surface area (TPSA) is 79.9 Å². The third-order valence-electron chi connectivity index (χ3n) is 5.12. The quantitative estimate of drug-likeness (QED) is 0.573. The standard InChI is InChI=1S/C24H27N3O4/c1-27(2)21(19-11-7-9-16-8-5-6-10-18(16)19)15-25-23(28)24(29)26-20-13-12-17(30-3)14-22(20)31-4/h5-14,21H,15H2,1-4H3,(H,25,28)(H,26,29). The molecule has 0 aliphatic carbocycles. The Hall–Kier alpha value is -3.58. The van der Waals surface area contributed by atoms with Crippen molar-refractivity contribution in [2.45, 2.75) is 6.04 Å². The Balaban J connectivity index is 1.71. The molecule has 0 heterocycles. The largest absolute Gasteiger partial charge is 0.497 e. The highest BCUT2D eigenvalue weighted by atomic mass is 16.5. The summed E-state index contributed by atoms with van der Waals surface area (Å²) in [6, 6.07) is 19.0. The smallest absolute Gasteiger partial charge is 0.313 e. The predicted octanol–water partition coefficient (Wildman–Crippen LogP) is 3.21. The Bertz CT molecular complexity index is 1080. The van der Waals surface area contributed by atoms with E-state index in [1.165, 1.54) is 14.2 Å². The molecule has 0 aliphatic heterocycles. The summed E-state index contributed by atoms with van der Waals surface area (Å²) >= 11 is 0. The highest BCUT2D eigenvalue weighted by Gasteiger charge is 2.21. The highest BCUT2D eigenvalue weighted by Crippen LogP contribution is 2.29. The Morgan fingerprint density at radius 2 is 1.68 bits per heavy atom. The lowest BCUT2D eigenvalue weighted by Gasteiger charge is -2.26. The number of hydrogen-bond acceptors (Lipinski definition) is 5. The lowest BCUT2D eigenvalue weighted by atomic mass is 9.98. The van der Waals surface area contributed by atoms with Crippen LogP contribution in [0.1, 0.15) is 11.6 Å². The molecule has 7 heteroatoms. The third kappa shape index (κ3) is 5.13. The molecule has 1 unspecified atom stereocenters.